The van der Waals surface area contributed by atoms with Gasteiger partial charge < -0.3 is 9.47 Å². The molecular formula is C15H12Br2F2O2. The molecule has 6 heteroatoms. The maximum absolute atomic E-state index is 14.2. The smallest absolute Gasteiger partial charge is 0.163 e. The maximum Gasteiger partial charge on any atom is 0.163 e. The van der Waals surface area contributed by atoms with Gasteiger partial charge in [-0.3, -0.25) is 0 Å². The van der Waals surface area contributed by atoms with E-state index in [1.165, 1.54) is 38.5 Å². The Morgan fingerprint density at radius 1 is 0.952 bits per heavy atom. The first kappa shape index (κ1) is 16.2. The molecule has 0 aliphatic heterocycles. The minimum absolute atomic E-state index is 0.305. The van der Waals surface area contributed by atoms with Crippen LogP contribution >= 0.6 is 31.9 Å². The molecule has 1 unspecified atom stereocenters. The molecule has 2 aromatic rings. The number of halogens is 4. The molecule has 0 N–H and O–H groups in total. The second kappa shape index (κ2) is 6.75. The fraction of sp³-hybridized carbons (Fsp3) is 0.200. The van der Waals surface area contributed by atoms with E-state index in [1.54, 1.807) is 6.07 Å². The minimum atomic E-state index is -0.510. The predicted octanol–water partition coefficient (Wildman–Crippen LogP) is 5.23. The third-order valence-corrected chi connectivity index (χ3v) is 4.43. The summed E-state index contributed by atoms with van der Waals surface area (Å²) < 4.78 is 38.5. The molecule has 0 fully saturated rings. The van der Waals surface area contributed by atoms with Crippen molar-refractivity contribution in [1.82, 2.24) is 0 Å². The number of rotatable bonds is 4. The number of ether oxygens (including phenoxy) is 2. The van der Waals surface area contributed by atoms with Crippen LogP contribution in [0.4, 0.5) is 8.78 Å². The molecular weight excluding hydrogens is 410 g/mol. The first-order valence-corrected chi connectivity index (χ1v) is 7.68. The zero-order valence-electron chi connectivity index (χ0n) is 11.3. The van der Waals surface area contributed by atoms with Crippen LogP contribution in [-0.2, 0) is 0 Å². The zero-order valence-corrected chi connectivity index (χ0v) is 14.5. The van der Waals surface area contributed by atoms with Crippen molar-refractivity contribution >= 4 is 31.9 Å². The number of benzene rings is 2. The van der Waals surface area contributed by atoms with E-state index in [-0.39, 0.29) is 0 Å². The van der Waals surface area contributed by atoms with Gasteiger partial charge in [-0.25, -0.2) is 8.78 Å². The number of hydrogen-bond acceptors (Lipinski definition) is 2. The van der Waals surface area contributed by atoms with Gasteiger partial charge >= 0.3 is 0 Å². The van der Waals surface area contributed by atoms with Crippen LogP contribution in [0.2, 0.25) is 0 Å². The van der Waals surface area contributed by atoms with Gasteiger partial charge in [0.25, 0.3) is 0 Å². The Balaban J connectivity index is 2.49. The molecule has 0 saturated heterocycles. The van der Waals surface area contributed by atoms with E-state index >= 15 is 0 Å². The molecule has 0 aliphatic carbocycles. The molecule has 0 spiro atoms. The Labute approximate surface area is 138 Å². The molecule has 0 aromatic heterocycles. The summed E-state index contributed by atoms with van der Waals surface area (Å²) in [4.78, 5) is -0.510. The largest absolute Gasteiger partial charge is 0.493 e. The van der Waals surface area contributed by atoms with Crippen LogP contribution < -0.4 is 9.47 Å². The average Bonchev–Trinajstić information content (AvgIpc) is 2.45. The van der Waals surface area contributed by atoms with Crippen molar-refractivity contribution in [1.29, 1.82) is 0 Å². The van der Waals surface area contributed by atoms with E-state index in [4.69, 9.17) is 9.47 Å². The van der Waals surface area contributed by atoms with Crippen molar-refractivity contribution in [2.45, 2.75) is 4.83 Å². The lowest BCUT2D eigenvalue weighted by molar-refractivity contribution is 0.351. The molecule has 0 saturated carbocycles. The molecule has 0 aliphatic rings. The predicted molar refractivity (Wildman–Crippen MR) is 84.4 cm³/mol. The Kier molecular flexibility index (Phi) is 5.22. The molecule has 2 nitrogen and oxygen atoms in total. The molecule has 21 heavy (non-hydrogen) atoms. The molecule has 0 heterocycles. The fourth-order valence-corrected chi connectivity index (χ4v) is 3.06. The van der Waals surface area contributed by atoms with E-state index in [0.717, 1.165) is 0 Å². The van der Waals surface area contributed by atoms with Crippen LogP contribution in [0.25, 0.3) is 0 Å². The minimum Gasteiger partial charge on any atom is -0.493 e. The fourth-order valence-electron chi connectivity index (χ4n) is 1.97. The van der Waals surface area contributed by atoms with Crippen LogP contribution in [0.5, 0.6) is 11.5 Å². The van der Waals surface area contributed by atoms with Gasteiger partial charge in [0.05, 0.1) is 19.0 Å². The summed E-state index contributed by atoms with van der Waals surface area (Å²) in [6.07, 6.45) is 0. The summed E-state index contributed by atoms with van der Waals surface area (Å²) in [7, 11) is 2.91. The summed E-state index contributed by atoms with van der Waals surface area (Å²) >= 11 is 6.62. The van der Waals surface area contributed by atoms with Gasteiger partial charge in [-0.2, -0.15) is 0 Å². The Bertz CT molecular complexity index is 642. The molecule has 2 aromatic carbocycles. The number of methoxy groups -OCH3 is 2. The highest BCUT2D eigenvalue weighted by Gasteiger charge is 2.19. The Morgan fingerprint density at radius 3 is 2.14 bits per heavy atom. The van der Waals surface area contributed by atoms with E-state index in [0.29, 0.717) is 27.1 Å². The lowest BCUT2D eigenvalue weighted by atomic mass is 10.0. The van der Waals surface area contributed by atoms with Gasteiger partial charge in [-0.05, 0) is 29.8 Å². The highest BCUT2D eigenvalue weighted by Crippen LogP contribution is 2.39. The summed E-state index contributed by atoms with van der Waals surface area (Å²) in [6, 6.07) is 7.19. The lowest BCUT2D eigenvalue weighted by Gasteiger charge is -2.15. The second-order valence-electron chi connectivity index (χ2n) is 4.29. The summed E-state index contributed by atoms with van der Waals surface area (Å²) in [5.74, 6) is -0.146. The third kappa shape index (κ3) is 3.55. The van der Waals surface area contributed by atoms with E-state index in [2.05, 4.69) is 31.9 Å². The van der Waals surface area contributed by atoms with Crippen LogP contribution in [0.15, 0.2) is 34.8 Å². The average molecular weight is 422 g/mol. The van der Waals surface area contributed by atoms with Crippen molar-refractivity contribution in [3.63, 3.8) is 0 Å². The first-order valence-electron chi connectivity index (χ1n) is 5.97. The molecule has 112 valence electrons. The maximum atomic E-state index is 14.2. The molecule has 0 radical (unpaired) electrons. The lowest BCUT2D eigenvalue weighted by Crippen LogP contribution is -2.00. The summed E-state index contributed by atoms with van der Waals surface area (Å²) in [5, 5.41) is 0. The van der Waals surface area contributed by atoms with Crippen molar-refractivity contribution in [2.75, 3.05) is 14.2 Å². The normalized spacial score (nSPS) is 12.1. The monoisotopic (exact) mass is 420 g/mol. The summed E-state index contributed by atoms with van der Waals surface area (Å²) in [5.41, 5.74) is 0.929. The standard InChI is InChI=1S/C15H12Br2F2O2/c1-20-13-6-11(12(19)7-14(13)21-2)15(17)8-3-9(16)5-10(18)4-8/h3-7,15H,1-2H3. The van der Waals surface area contributed by atoms with E-state index in [9.17, 15) is 8.78 Å². The van der Waals surface area contributed by atoms with Gasteiger partial charge in [0.1, 0.15) is 11.6 Å². The third-order valence-electron chi connectivity index (χ3n) is 2.95. The van der Waals surface area contributed by atoms with Crippen molar-refractivity contribution in [3.05, 3.63) is 57.6 Å². The Morgan fingerprint density at radius 2 is 1.57 bits per heavy atom. The quantitative estimate of drug-likeness (QED) is 0.629. The van der Waals surface area contributed by atoms with Gasteiger partial charge in [0.2, 0.25) is 0 Å². The molecule has 0 amide bonds. The van der Waals surface area contributed by atoms with E-state index in [1.807, 2.05) is 0 Å². The van der Waals surface area contributed by atoms with Crippen LogP contribution in [0.1, 0.15) is 16.0 Å². The van der Waals surface area contributed by atoms with Crippen LogP contribution in [0, 0.1) is 11.6 Å². The van der Waals surface area contributed by atoms with Crippen molar-refractivity contribution in [2.24, 2.45) is 0 Å². The molecule has 0 bridgehead atoms. The second-order valence-corrected chi connectivity index (χ2v) is 6.13. The zero-order chi connectivity index (χ0) is 15.6. The van der Waals surface area contributed by atoms with Gasteiger partial charge in [0.15, 0.2) is 11.5 Å². The molecule has 2 rings (SSSR count). The van der Waals surface area contributed by atoms with E-state index < -0.39 is 16.5 Å². The highest BCUT2D eigenvalue weighted by atomic mass is 79.9. The molecule has 1 atom stereocenters. The number of alkyl halides is 1. The highest BCUT2D eigenvalue weighted by molar-refractivity contribution is 9.10. The van der Waals surface area contributed by atoms with Gasteiger partial charge in [0, 0.05) is 16.1 Å². The topological polar surface area (TPSA) is 18.5 Å². The van der Waals surface area contributed by atoms with Crippen molar-refractivity contribution < 1.29 is 18.3 Å². The van der Waals surface area contributed by atoms with Crippen molar-refractivity contribution in [3.8, 4) is 11.5 Å². The SMILES string of the molecule is COc1cc(F)c(C(Br)c2cc(F)cc(Br)c2)cc1OC. The summed E-state index contributed by atoms with van der Waals surface area (Å²) in [6.45, 7) is 0. The first-order chi connectivity index (χ1) is 9.96. The van der Waals surface area contributed by atoms with Gasteiger partial charge in [-0.15, -0.1) is 0 Å². The Hall–Kier alpha value is -1.14. The van der Waals surface area contributed by atoms with Crippen LogP contribution in [0.3, 0.4) is 0 Å². The van der Waals surface area contributed by atoms with Gasteiger partial charge in [-0.1, -0.05) is 31.9 Å². The number of hydrogen-bond donors (Lipinski definition) is 0. The van der Waals surface area contributed by atoms with Crippen LogP contribution in [-0.4, -0.2) is 14.2 Å².